The van der Waals surface area contributed by atoms with Gasteiger partial charge in [-0.15, -0.1) is 11.3 Å². The van der Waals surface area contributed by atoms with Crippen LogP contribution in [0.2, 0.25) is 0 Å². The van der Waals surface area contributed by atoms with E-state index >= 15 is 0 Å². The zero-order valence-corrected chi connectivity index (χ0v) is 15.8. The Bertz CT molecular complexity index is 780. The standard InChI is InChI=1S/C19H25N3O2S/c1-3-24-19(23)13-6-8-22(9-7-13)17-16-14-5-4-12(2)10-15(14)25-18(16)21-11-20-17/h11-13H,3-10H2,1-2H3. The van der Waals surface area contributed by atoms with Gasteiger partial charge in [0.05, 0.1) is 17.9 Å². The van der Waals surface area contributed by atoms with Crippen molar-refractivity contribution >= 4 is 33.3 Å². The lowest BCUT2D eigenvalue weighted by Crippen LogP contribution is -2.37. The summed E-state index contributed by atoms with van der Waals surface area (Å²) < 4.78 is 5.18. The zero-order chi connectivity index (χ0) is 17.4. The van der Waals surface area contributed by atoms with E-state index in [1.165, 1.54) is 28.7 Å². The number of hydrogen-bond donors (Lipinski definition) is 0. The zero-order valence-electron chi connectivity index (χ0n) is 15.0. The first-order valence-corrected chi connectivity index (χ1v) is 10.2. The molecule has 0 saturated carbocycles. The molecule has 5 nitrogen and oxygen atoms in total. The molecule has 0 N–H and O–H groups in total. The number of rotatable bonds is 3. The Morgan fingerprint density at radius 1 is 1.32 bits per heavy atom. The van der Waals surface area contributed by atoms with Crippen LogP contribution in [0.15, 0.2) is 6.33 Å². The van der Waals surface area contributed by atoms with Gasteiger partial charge in [0.2, 0.25) is 0 Å². The fraction of sp³-hybridized carbons (Fsp3) is 0.632. The van der Waals surface area contributed by atoms with Crippen molar-refractivity contribution < 1.29 is 9.53 Å². The second-order valence-electron chi connectivity index (χ2n) is 7.24. The van der Waals surface area contributed by atoms with Crippen LogP contribution in [0.25, 0.3) is 10.2 Å². The number of piperidine rings is 1. The molecule has 1 saturated heterocycles. The Kier molecular flexibility index (Phi) is 4.63. The van der Waals surface area contributed by atoms with Crippen LogP contribution in [0.4, 0.5) is 5.82 Å². The second kappa shape index (κ2) is 6.90. The van der Waals surface area contributed by atoms with Gasteiger partial charge in [-0.05, 0) is 50.5 Å². The van der Waals surface area contributed by atoms with Crippen molar-refractivity contribution in [3.05, 3.63) is 16.8 Å². The molecular formula is C19H25N3O2S. The van der Waals surface area contributed by atoms with Gasteiger partial charge in [-0.3, -0.25) is 4.79 Å². The number of anilines is 1. The SMILES string of the molecule is CCOC(=O)C1CCN(c2ncnc3sc4c(c23)CCC(C)C4)CC1. The molecule has 0 amide bonds. The number of aromatic nitrogens is 2. The summed E-state index contributed by atoms with van der Waals surface area (Å²) in [5.41, 5.74) is 1.47. The fourth-order valence-electron chi connectivity index (χ4n) is 4.09. The summed E-state index contributed by atoms with van der Waals surface area (Å²) >= 11 is 1.84. The average molecular weight is 359 g/mol. The summed E-state index contributed by atoms with van der Waals surface area (Å²) in [4.78, 5) is 26.1. The van der Waals surface area contributed by atoms with Gasteiger partial charge in [-0.25, -0.2) is 9.97 Å². The van der Waals surface area contributed by atoms with E-state index in [1.54, 1.807) is 6.33 Å². The largest absolute Gasteiger partial charge is 0.466 e. The van der Waals surface area contributed by atoms with Gasteiger partial charge in [0.25, 0.3) is 0 Å². The highest BCUT2D eigenvalue weighted by molar-refractivity contribution is 7.19. The van der Waals surface area contributed by atoms with Crippen LogP contribution in [0.1, 0.15) is 43.6 Å². The van der Waals surface area contributed by atoms with Crippen LogP contribution in [-0.4, -0.2) is 35.6 Å². The highest BCUT2D eigenvalue weighted by Crippen LogP contribution is 2.41. The van der Waals surface area contributed by atoms with E-state index in [0.717, 1.165) is 48.9 Å². The molecule has 134 valence electrons. The monoisotopic (exact) mass is 359 g/mol. The minimum absolute atomic E-state index is 0.0331. The maximum absolute atomic E-state index is 12.0. The lowest BCUT2D eigenvalue weighted by Gasteiger charge is -2.32. The molecule has 1 aliphatic heterocycles. The van der Waals surface area contributed by atoms with E-state index in [4.69, 9.17) is 4.74 Å². The van der Waals surface area contributed by atoms with Crippen LogP contribution in [0.5, 0.6) is 0 Å². The number of fused-ring (bicyclic) bond motifs is 3. The molecule has 6 heteroatoms. The summed E-state index contributed by atoms with van der Waals surface area (Å²) in [5.74, 6) is 1.82. The predicted molar refractivity (Wildman–Crippen MR) is 100 cm³/mol. The molecule has 1 atom stereocenters. The molecular weight excluding hydrogens is 334 g/mol. The van der Waals surface area contributed by atoms with Gasteiger partial charge < -0.3 is 9.64 Å². The normalized spacial score (nSPS) is 21.4. The first-order valence-electron chi connectivity index (χ1n) is 9.34. The summed E-state index contributed by atoms with van der Waals surface area (Å²) in [7, 11) is 0. The summed E-state index contributed by atoms with van der Waals surface area (Å²) in [6.07, 6.45) is 6.93. The van der Waals surface area contributed by atoms with E-state index in [9.17, 15) is 4.79 Å². The number of carbonyl (C=O) groups excluding carboxylic acids is 1. The van der Waals surface area contributed by atoms with Crippen molar-refractivity contribution in [2.24, 2.45) is 11.8 Å². The molecule has 0 radical (unpaired) electrons. The van der Waals surface area contributed by atoms with Crippen molar-refractivity contribution in [1.29, 1.82) is 0 Å². The van der Waals surface area contributed by atoms with E-state index in [2.05, 4.69) is 21.8 Å². The van der Waals surface area contributed by atoms with Crippen molar-refractivity contribution in [2.45, 2.75) is 46.0 Å². The number of ether oxygens (including phenoxy) is 1. The third kappa shape index (κ3) is 3.12. The van der Waals surface area contributed by atoms with Crippen molar-refractivity contribution in [2.75, 3.05) is 24.6 Å². The topological polar surface area (TPSA) is 55.3 Å². The molecule has 2 aromatic heterocycles. The molecule has 1 unspecified atom stereocenters. The smallest absolute Gasteiger partial charge is 0.309 e. The van der Waals surface area contributed by atoms with Gasteiger partial charge >= 0.3 is 5.97 Å². The predicted octanol–water partition coefficient (Wildman–Crippen LogP) is 3.60. The maximum atomic E-state index is 12.0. The maximum Gasteiger partial charge on any atom is 0.309 e. The minimum atomic E-state index is -0.0446. The van der Waals surface area contributed by atoms with E-state index < -0.39 is 0 Å². The molecule has 1 aliphatic carbocycles. The van der Waals surface area contributed by atoms with E-state index in [0.29, 0.717) is 6.61 Å². The van der Waals surface area contributed by atoms with Crippen molar-refractivity contribution in [1.82, 2.24) is 9.97 Å². The summed E-state index contributed by atoms with van der Waals surface area (Å²) in [5, 5.41) is 1.27. The molecule has 0 bridgehead atoms. The Morgan fingerprint density at radius 2 is 2.12 bits per heavy atom. The number of thiophene rings is 1. The number of esters is 1. The average Bonchev–Trinajstić information content (AvgIpc) is 2.99. The molecule has 3 heterocycles. The van der Waals surface area contributed by atoms with Crippen LogP contribution in [-0.2, 0) is 22.4 Å². The third-order valence-corrected chi connectivity index (χ3v) is 6.65. The molecule has 4 rings (SSSR count). The lowest BCUT2D eigenvalue weighted by molar-refractivity contribution is -0.148. The quantitative estimate of drug-likeness (QED) is 0.784. The van der Waals surface area contributed by atoms with Crippen LogP contribution in [0.3, 0.4) is 0 Å². The fourth-order valence-corrected chi connectivity index (χ4v) is 5.43. The minimum Gasteiger partial charge on any atom is -0.466 e. The summed E-state index contributed by atoms with van der Waals surface area (Å²) in [6.45, 7) is 6.38. The molecule has 2 aromatic rings. The number of aryl methyl sites for hydroxylation is 1. The molecule has 2 aliphatic rings. The first kappa shape index (κ1) is 16.8. The molecule has 0 aromatic carbocycles. The van der Waals surface area contributed by atoms with Gasteiger partial charge in [0, 0.05) is 18.0 Å². The number of nitrogens with zero attached hydrogens (tertiary/aromatic N) is 3. The van der Waals surface area contributed by atoms with Crippen LogP contribution in [0, 0.1) is 11.8 Å². The van der Waals surface area contributed by atoms with Gasteiger partial charge in [-0.2, -0.15) is 0 Å². The Hall–Kier alpha value is -1.69. The molecule has 0 spiro atoms. The highest BCUT2D eigenvalue weighted by Gasteiger charge is 2.29. The second-order valence-corrected chi connectivity index (χ2v) is 8.33. The van der Waals surface area contributed by atoms with Gasteiger partial charge in [0.15, 0.2) is 0 Å². The van der Waals surface area contributed by atoms with Crippen molar-refractivity contribution in [3.8, 4) is 0 Å². The van der Waals surface area contributed by atoms with Crippen LogP contribution >= 0.6 is 11.3 Å². The Morgan fingerprint density at radius 3 is 2.88 bits per heavy atom. The van der Waals surface area contributed by atoms with Gasteiger partial charge in [0.1, 0.15) is 17.0 Å². The Labute approximate surface area is 152 Å². The molecule has 25 heavy (non-hydrogen) atoms. The highest BCUT2D eigenvalue weighted by atomic mass is 32.1. The first-order chi connectivity index (χ1) is 12.2. The van der Waals surface area contributed by atoms with E-state index in [-0.39, 0.29) is 11.9 Å². The number of carbonyl (C=O) groups is 1. The van der Waals surface area contributed by atoms with E-state index in [1.807, 2.05) is 18.3 Å². The number of hydrogen-bond acceptors (Lipinski definition) is 6. The van der Waals surface area contributed by atoms with Crippen molar-refractivity contribution in [3.63, 3.8) is 0 Å². The lowest BCUT2D eigenvalue weighted by atomic mass is 9.89. The third-order valence-electron chi connectivity index (χ3n) is 5.49. The van der Waals surface area contributed by atoms with Crippen LogP contribution < -0.4 is 4.90 Å². The Balaban J connectivity index is 1.59. The van der Waals surface area contributed by atoms with Gasteiger partial charge in [-0.1, -0.05) is 6.92 Å². The molecule has 1 fully saturated rings. The summed E-state index contributed by atoms with van der Waals surface area (Å²) in [6, 6.07) is 0.